The van der Waals surface area contributed by atoms with Gasteiger partial charge in [-0.2, -0.15) is 0 Å². The second kappa shape index (κ2) is 5.77. The van der Waals surface area contributed by atoms with E-state index in [9.17, 15) is 0 Å². The van der Waals surface area contributed by atoms with Crippen molar-refractivity contribution < 1.29 is 0 Å². The zero-order valence-electron chi connectivity index (χ0n) is 10.6. The minimum atomic E-state index is -0.0832. The topological polar surface area (TPSA) is 0 Å². The van der Waals surface area contributed by atoms with Crippen LogP contribution in [0.25, 0.3) is 0 Å². The Labute approximate surface area is 119 Å². The van der Waals surface area contributed by atoms with Crippen LogP contribution in [-0.2, 0) is 6.42 Å². The van der Waals surface area contributed by atoms with Crippen molar-refractivity contribution >= 4 is 23.2 Å². The van der Waals surface area contributed by atoms with Crippen LogP contribution in [0.4, 0.5) is 0 Å². The maximum Gasteiger partial charge on any atom is 0.0640 e. The van der Waals surface area contributed by atoms with Crippen molar-refractivity contribution in [2.45, 2.75) is 25.6 Å². The van der Waals surface area contributed by atoms with Crippen molar-refractivity contribution in [1.29, 1.82) is 0 Å². The molecule has 2 rings (SSSR count). The highest BCUT2D eigenvalue weighted by Gasteiger charge is 2.13. The molecule has 0 fully saturated rings. The van der Waals surface area contributed by atoms with Gasteiger partial charge >= 0.3 is 0 Å². The van der Waals surface area contributed by atoms with Crippen LogP contribution in [-0.4, -0.2) is 0 Å². The van der Waals surface area contributed by atoms with E-state index in [0.717, 1.165) is 22.6 Å². The van der Waals surface area contributed by atoms with Crippen LogP contribution in [0.3, 0.4) is 0 Å². The molecule has 0 radical (unpaired) electrons. The van der Waals surface area contributed by atoms with Crippen LogP contribution in [0.5, 0.6) is 0 Å². The Bertz CT molecular complexity index is 529. The number of alkyl halides is 1. The highest BCUT2D eigenvalue weighted by Crippen LogP contribution is 2.32. The molecule has 0 saturated heterocycles. The van der Waals surface area contributed by atoms with Crippen molar-refractivity contribution in [3.63, 3.8) is 0 Å². The maximum atomic E-state index is 6.47. The third-order valence-electron chi connectivity index (χ3n) is 3.09. The number of rotatable bonds is 3. The Kier molecular flexibility index (Phi) is 4.31. The Hall–Kier alpha value is -0.980. The van der Waals surface area contributed by atoms with Gasteiger partial charge in [0.15, 0.2) is 0 Å². The Morgan fingerprint density at radius 1 is 1.00 bits per heavy atom. The summed E-state index contributed by atoms with van der Waals surface area (Å²) in [6.07, 6.45) is 0.797. The average molecular weight is 279 g/mol. The van der Waals surface area contributed by atoms with Gasteiger partial charge in [0.2, 0.25) is 0 Å². The first-order chi connectivity index (χ1) is 8.58. The molecule has 0 amide bonds. The molecule has 0 spiro atoms. The van der Waals surface area contributed by atoms with Crippen LogP contribution in [0, 0.1) is 13.8 Å². The second-order valence-electron chi connectivity index (χ2n) is 4.64. The number of halogens is 2. The van der Waals surface area contributed by atoms with Gasteiger partial charge in [0.05, 0.1) is 5.38 Å². The molecular formula is C16H16Cl2. The number of benzene rings is 2. The number of hydrogen-bond donors (Lipinski definition) is 0. The molecule has 1 unspecified atom stereocenters. The Morgan fingerprint density at radius 2 is 1.67 bits per heavy atom. The molecule has 0 aliphatic carbocycles. The largest absolute Gasteiger partial charge is 0.117 e. The summed E-state index contributed by atoms with van der Waals surface area (Å²) in [5.74, 6) is 0. The summed E-state index contributed by atoms with van der Waals surface area (Å²) in [4.78, 5) is 0. The minimum Gasteiger partial charge on any atom is -0.117 e. The van der Waals surface area contributed by atoms with Gasteiger partial charge in [-0.1, -0.05) is 59.6 Å². The summed E-state index contributed by atoms with van der Waals surface area (Å²) in [5.41, 5.74) is 4.58. The Morgan fingerprint density at radius 3 is 2.33 bits per heavy atom. The van der Waals surface area contributed by atoms with Crippen LogP contribution < -0.4 is 0 Å². The van der Waals surface area contributed by atoms with Crippen molar-refractivity contribution in [3.05, 3.63) is 69.7 Å². The van der Waals surface area contributed by atoms with Gasteiger partial charge in [-0.05, 0) is 37.0 Å². The minimum absolute atomic E-state index is 0.0832. The predicted octanol–water partition coefficient (Wildman–Crippen LogP) is 5.48. The van der Waals surface area contributed by atoms with Crippen molar-refractivity contribution in [2.24, 2.45) is 0 Å². The molecule has 0 heterocycles. The summed E-state index contributed by atoms with van der Waals surface area (Å²) < 4.78 is 0. The first-order valence-electron chi connectivity index (χ1n) is 6.02. The molecule has 0 aliphatic rings. The lowest BCUT2D eigenvalue weighted by Gasteiger charge is -2.13. The fraction of sp³-hybridized carbons (Fsp3) is 0.250. The highest BCUT2D eigenvalue weighted by molar-refractivity contribution is 6.33. The maximum absolute atomic E-state index is 6.47. The van der Waals surface area contributed by atoms with Gasteiger partial charge in [0, 0.05) is 5.02 Å². The van der Waals surface area contributed by atoms with E-state index in [2.05, 4.69) is 31.2 Å². The molecule has 0 nitrogen and oxygen atoms in total. The molecule has 1 atom stereocenters. The zero-order valence-corrected chi connectivity index (χ0v) is 12.1. The molecule has 0 N–H and O–H groups in total. The molecule has 0 aliphatic heterocycles. The first-order valence-corrected chi connectivity index (χ1v) is 6.84. The molecule has 0 aromatic heterocycles. The molecule has 18 heavy (non-hydrogen) atoms. The SMILES string of the molecule is Cc1ccc(CC(Cl)c2cccc(C)c2Cl)cc1. The van der Waals surface area contributed by atoms with Crippen LogP contribution in [0.2, 0.25) is 5.02 Å². The van der Waals surface area contributed by atoms with E-state index in [-0.39, 0.29) is 5.38 Å². The van der Waals surface area contributed by atoms with E-state index in [4.69, 9.17) is 23.2 Å². The van der Waals surface area contributed by atoms with Gasteiger partial charge in [0.1, 0.15) is 0 Å². The second-order valence-corrected chi connectivity index (χ2v) is 5.54. The van der Waals surface area contributed by atoms with Gasteiger partial charge in [0.25, 0.3) is 0 Å². The van der Waals surface area contributed by atoms with Gasteiger partial charge in [-0.15, -0.1) is 11.6 Å². The average Bonchev–Trinajstić information content (AvgIpc) is 2.35. The standard InChI is InChI=1S/C16H16Cl2/c1-11-6-8-13(9-7-11)10-15(17)14-5-3-4-12(2)16(14)18/h3-9,15H,10H2,1-2H3. The predicted molar refractivity (Wildman–Crippen MR) is 79.7 cm³/mol. The zero-order chi connectivity index (χ0) is 13.1. The van der Waals surface area contributed by atoms with Crippen molar-refractivity contribution in [1.82, 2.24) is 0 Å². The van der Waals surface area contributed by atoms with E-state index in [1.807, 2.05) is 25.1 Å². The highest BCUT2D eigenvalue weighted by atomic mass is 35.5. The van der Waals surface area contributed by atoms with E-state index in [1.54, 1.807) is 0 Å². The smallest absolute Gasteiger partial charge is 0.0640 e. The van der Waals surface area contributed by atoms with Crippen LogP contribution in [0.1, 0.15) is 27.6 Å². The van der Waals surface area contributed by atoms with Gasteiger partial charge in [-0.3, -0.25) is 0 Å². The summed E-state index contributed by atoms with van der Waals surface area (Å²) >= 11 is 12.8. The molecule has 0 saturated carbocycles. The van der Waals surface area contributed by atoms with Gasteiger partial charge in [-0.25, -0.2) is 0 Å². The number of hydrogen-bond acceptors (Lipinski definition) is 0. The van der Waals surface area contributed by atoms with Crippen molar-refractivity contribution in [2.75, 3.05) is 0 Å². The summed E-state index contributed by atoms with van der Waals surface area (Å²) in [7, 11) is 0. The molecule has 94 valence electrons. The van der Waals surface area contributed by atoms with Crippen LogP contribution >= 0.6 is 23.2 Å². The number of aryl methyl sites for hydroxylation is 2. The summed E-state index contributed by atoms with van der Waals surface area (Å²) in [6.45, 7) is 4.08. The molecule has 2 aromatic rings. The van der Waals surface area contributed by atoms with E-state index >= 15 is 0 Å². The quantitative estimate of drug-likeness (QED) is 0.653. The monoisotopic (exact) mass is 278 g/mol. The van der Waals surface area contributed by atoms with E-state index in [1.165, 1.54) is 11.1 Å². The van der Waals surface area contributed by atoms with E-state index < -0.39 is 0 Å². The van der Waals surface area contributed by atoms with Gasteiger partial charge < -0.3 is 0 Å². The summed E-state index contributed by atoms with van der Waals surface area (Å²) in [5, 5.41) is 0.699. The van der Waals surface area contributed by atoms with Crippen molar-refractivity contribution in [3.8, 4) is 0 Å². The lowest BCUT2D eigenvalue weighted by atomic mass is 10.0. The van der Waals surface area contributed by atoms with E-state index in [0.29, 0.717) is 0 Å². The third kappa shape index (κ3) is 3.07. The molecular weight excluding hydrogens is 263 g/mol. The fourth-order valence-corrected chi connectivity index (χ4v) is 2.63. The van der Waals surface area contributed by atoms with Crippen LogP contribution in [0.15, 0.2) is 42.5 Å². The summed E-state index contributed by atoms with van der Waals surface area (Å²) in [6, 6.07) is 14.5. The fourth-order valence-electron chi connectivity index (χ4n) is 1.95. The lowest BCUT2D eigenvalue weighted by molar-refractivity contribution is 0.917. The first kappa shape index (κ1) is 13.5. The third-order valence-corrected chi connectivity index (χ3v) is 4.00. The lowest BCUT2D eigenvalue weighted by Crippen LogP contribution is -1.98. The molecule has 0 bridgehead atoms. The normalized spacial score (nSPS) is 12.4. The molecule has 2 heteroatoms. The Balaban J connectivity index is 2.19. The molecule has 2 aromatic carbocycles.